The van der Waals surface area contributed by atoms with Crippen molar-refractivity contribution in [3.8, 4) is 0 Å². The van der Waals surface area contributed by atoms with Crippen molar-refractivity contribution < 1.29 is 0 Å². The van der Waals surface area contributed by atoms with Crippen molar-refractivity contribution in [3.63, 3.8) is 0 Å². The van der Waals surface area contributed by atoms with Gasteiger partial charge in [0.2, 0.25) is 0 Å². The van der Waals surface area contributed by atoms with E-state index < -0.39 is 0 Å². The van der Waals surface area contributed by atoms with Crippen molar-refractivity contribution in [2.24, 2.45) is 0 Å². The Labute approximate surface area is 241 Å². The van der Waals surface area contributed by atoms with Crippen LogP contribution in [0, 0.1) is 0 Å². The molecular weight excluding hydrogens is 460 g/mol. The Morgan fingerprint density at radius 1 is 0.447 bits per heavy atom. The predicted molar refractivity (Wildman–Crippen MR) is 173 cm³/mol. The Morgan fingerprint density at radius 2 is 0.816 bits per heavy atom. The van der Waals surface area contributed by atoms with E-state index in [4.69, 9.17) is 0 Å². The minimum Gasteiger partial charge on any atom is -0.302 e. The van der Waals surface area contributed by atoms with Crippen LogP contribution < -0.4 is 0 Å². The summed E-state index contributed by atoms with van der Waals surface area (Å²) in [6, 6.07) is 0. The Bertz CT molecular complexity index is 468. The van der Waals surface area contributed by atoms with Gasteiger partial charge in [-0.15, -0.1) is 0 Å². The van der Waals surface area contributed by atoms with Crippen molar-refractivity contribution in [2.45, 2.75) is 181 Å². The molecule has 1 fully saturated rings. The molecule has 2 heteroatoms. The van der Waals surface area contributed by atoms with E-state index in [-0.39, 0.29) is 0 Å². The van der Waals surface area contributed by atoms with Crippen LogP contribution in [0.3, 0.4) is 0 Å². The van der Waals surface area contributed by atoms with Crippen LogP contribution in [-0.4, -0.2) is 49.1 Å². The first-order valence-corrected chi connectivity index (χ1v) is 18.0. The zero-order chi connectivity index (χ0) is 27.2. The minimum absolute atomic E-state index is 1.31. The van der Waals surface area contributed by atoms with Crippen molar-refractivity contribution >= 4 is 0 Å². The third-order valence-electron chi connectivity index (χ3n) is 8.75. The predicted octanol–water partition coefficient (Wildman–Crippen LogP) is 11.3. The highest BCUT2D eigenvalue weighted by Gasteiger charge is 2.13. The molecule has 1 saturated heterocycles. The number of rotatable bonds is 30. The zero-order valence-electron chi connectivity index (χ0n) is 26.7. The molecular formula is C36H72N2. The second-order valence-electron chi connectivity index (χ2n) is 12.5. The molecule has 0 aliphatic carbocycles. The van der Waals surface area contributed by atoms with E-state index in [9.17, 15) is 0 Å². The van der Waals surface area contributed by atoms with Gasteiger partial charge in [-0.05, 0) is 77.5 Å². The van der Waals surface area contributed by atoms with Crippen molar-refractivity contribution in [2.75, 3.05) is 39.3 Å². The summed E-state index contributed by atoms with van der Waals surface area (Å²) in [6.45, 7) is 12.6. The van der Waals surface area contributed by atoms with E-state index >= 15 is 0 Å². The lowest BCUT2D eigenvalue weighted by atomic mass is 10.1. The van der Waals surface area contributed by atoms with Crippen molar-refractivity contribution in [1.29, 1.82) is 0 Å². The number of hydrogen-bond donors (Lipinski definition) is 0. The number of hydrogen-bond acceptors (Lipinski definition) is 2. The summed E-state index contributed by atoms with van der Waals surface area (Å²) in [5.74, 6) is 0. The molecule has 0 saturated carbocycles. The van der Waals surface area contributed by atoms with Crippen molar-refractivity contribution in [1.82, 2.24) is 9.80 Å². The van der Waals surface area contributed by atoms with Gasteiger partial charge >= 0.3 is 0 Å². The van der Waals surface area contributed by atoms with Crippen LogP contribution in [0.2, 0.25) is 0 Å². The molecule has 0 aromatic rings. The molecule has 0 N–H and O–H groups in total. The molecule has 1 aliphatic heterocycles. The van der Waals surface area contributed by atoms with Gasteiger partial charge in [0.1, 0.15) is 0 Å². The van der Waals surface area contributed by atoms with E-state index in [1.165, 1.54) is 206 Å². The summed E-state index contributed by atoms with van der Waals surface area (Å²) in [6.07, 6.45) is 41.9. The average Bonchev–Trinajstić information content (AvgIpc) is 3.46. The lowest BCUT2D eigenvalue weighted by Gasteiger charge is -2.25. The summed E-state index contributed by atoms with van der Waals surface area (Å²) >= 11 is 0. The molecule has 1 aliphatic rings. The average molecular weight is 533 g/mol. The lowest BCUT2D eigenvalue weighted by molar-refractivity contribution is 0.217. The molecule has 0 unspecified atom stereocenters. The highest BCUT2D eigenvalue weighted by atomic mass is 15.2. The maximum absolute atomic E-state index is 2.81. The molecule has 226 valence electrons. The molecule has 0 spiro atoms. The molecule has 0 atom stereocenters. The Kier molecular flexibility index (Phi) is 27.8. The largest absolute Gasteiger partial charge is 0.302 e. The standard InChI is InChI=1S/C36H72N2/c1-3-5-7-9-11-13-14-15-16-17-18-19-20-21-22-24-26-28-32-37(35-36-38-33-29-30-34-38)31-27-25-23-12-10-8-6-4-2/h15-16H,3-14,17-36H2,1-2H3/b16-15+. The van der Waals surface area contributed by atoms with Gasteiger partial charge < -0.3 is 9.80 Å². The molecule has 0 radical (unpaired) electrons. The molecule has 1 rings (SSSR count). The van der Waals surface area contributed by atoms with Crippen LogP contribution in [0.25, 0.3) is 0 Å². The van der Waals surface area contributed by atoms with Gasteiger partial charge in [0.25, 0.3) is 0 Å². The second-order valence-corrected chi connectivity index (χ2v) is 12.5. The van der Waals surface area contributed by atoms with Gasteiger partial charge in [0.05, 0.1) is 0 Å². The SMILES string of the molecule is CCCCCCCC/C=C/CCCCCCCCCCN(CCCCCCCCCC)CCN1CCCC1. The van der Waals surface area contributed by atoms with E-state index in [1.807, 2.05) is 0 Å². The van der Waals surface area contributed by atoms with E-state index in [0.29, 0.717) is 0 Å². The van der Waals surface area contributed by atoms with E-state index in [2.05, 4.69) is 35.8 Å². The molecule has 0 aromatic carbocycles. The maximum Gasteiger partial charge on any atom is 0.0109 e. The highest BCUT2D eigenvalue weighted by molar-refractivity contribution is 4.81. The third-order valence-corrected chi connectivity index (χ3v) is 8.75. The van der Waals surface area contributed by atoms with Crippen LogP contribution in [0.1, 0.15) is 181 Å². The second kappa shape index (κ2) is 29.6. The molecule has 0 aromatic heterocycles. The van der Waals surface area contributed by atoms with Crippen LogP contribution in [0.4, 0.5) is 0 Å². The van der Waals surface area contributed by atoms with E-state index in [1.54, 1.807) is 0 Å². The molecule has 0 amide bonds. The fourth-order valence-electron chi connectivity index (χ4n) is 6.03. The van der Waals surface area contributed by atoms with Crippen LogP contribution in [0.15, 0.2) is 12.2 Å². The summed E-state index contributed by atoms with van der Waals surface area (Å²) in [5.41, 5.74) is 0. The Balaban J connectivity index is 1.95. The fourth-order valence-corrected chi connectivity index (χ4v) is 6.03. The first-order valence-electron chi connectivity index (χ1n) is 18.0. The smallest absolute Gasteiger partial charge is 0.0109 e. The minimum atomic E-state index is 1.31. The summed E-state index contributed by atoms with van der Waals surface area (Å²) in [5, 5.41) is 0. The quantitative estimate of drug-likeness (QED) is 0.0670. The third kappa shape index (κ3) is 24.7. The number of likely N-dealkylation sites (tertiary alicyclic amines) is 1. The molecule has 1 heterocycles. The molecule has 2 nitrogen and oxygen atoms in total. The van der Waals surface area contributed by atoms with Crippen LogP contribution in [-0.2, 0) is 0 Å². The first kappa shape index (κ1) is 35.7. The number of allylic oxidation sites excluding steroid dienone is 2. The van der Waals surface area contributed by atoms with Gasteiger partial charge in [0.15, 0.2) is 0 Å². The fraction of sp³-hybridized carbons (Fsp3) is 0.944. The first-order chi connectivity index (χ1) is 18.9. The monoisotopic (exact) mass is 533 g/mol. The normalized spacial score (nSPS) is 14.5. The van der Waals surface area contributed by atoms with Gasteiger partial charge in [0, 0.05) is 13.1 Å². The topological polar surface area (TPSA) is 6.48 Å². The summed E-state index contributed by atoms with van der Waals surface area (Å²) in [4.78, 5) is 5.52. The van der Waals surface area contributed by atoms with Crippen LogP contribution >= 0.6 is 0 Å². The Morgan fingerprint density at radius 3 is 1.24 bits per heavy atom. The number of unbranched alkanes of at least 4 members (excludes halogenated alkanes) is 21. The lowest BCUT2D eigenvalue weighted by Crippen LogP contribution is -2.35. The van der Waals surface area contributed by atoms with Gasteiger partial charge in [-0.25, -0.2) is 0 Å². The van der Waals surface area contributed by atoms with E-state index in [0.717, 1.165) is 0 Å². The number of nitrogens with zero attached hydrogens (tertiary/aromatic N) is 2. The van der Waals surface area contributed by atoms with Gasteiger partial charge in [-0.3, -0.25) is 0 Å². The summed E-state index contributed by atoms with van der Waals surface area (Å²) in [7, 11) is 0. The summed E-state index contributed by atoms with van der Waals surface area (Å²) < 4.78 is 0. The van der Waals surface area contributed by atoms with Gasteiger partial charge in [-0.2, -0.15) is 0 Å². The Hall–Kier alpha value is -0.340. The maximum atomic E-state index is 2.81. The zero-order valence-corrected chi connectivity index (χ0v) is 26.7. The van der Waals surface area contributed by atoms with Crippen molar-refractivity contribution in [3.05, 3.63) is 12.2 Å². The molecule has 38 heavy (non-hydrogen) atoms. The molecule has 0 bridgehead atoms. The highest BCUT2D eigenvalue weighted by Crippen LogP contribution is 2.13. The van der Waals surface area contributed by atoms with Gasteiger partial charge in [-0.1, -0.05) is 142 Å². The van der Waals surface area contributed by atoms with Crippen LogP contribution in [0.5, 0.6) is 0 Å².